The molecule has 9 heteroatoms. The fraction of sp³-hybridized carbons (Fsp3) is 0.167. The van der Waals surface area contributed by atoms with Gasteiger partial charge in [0.05, 0.1) is 9.82 Å². The Bertz CT molecular complexity index is 1190. The molecular formula is C24H20ClN3O3S2. The number of amidine groups is 1. The van der Waals surface area contributed by atoms with Gasteiger partial charge in [-0.3, -0.25) is 24.8 Å². The lowest BCUT2D eigenvalue weighted by Crippen LogP contribution is -2.32. The summed E-state index contributed by atoms with van der Waals surface area (Å²) in [5.74, 6) is 0.479. The van der Waals surface area contributed by atoms with Gasteiger partial charge in [-0.05, 0) is 48.4 Å². The average molecular weight is 498 g/mol. The van der Waals surface area contributed by atoms with Crippen molar-refractivity contribution in [1.29, 1.82) is 0 Å². The van der Waals surface area contributed by atoms with E-state index in [1.807, 2.05) is 30.3 Å². The first kappa shape index (κ1) is 23.4. The molecular weight excluding hydrogens is 478 g/mol. The summed E-state index contributed by atoms with van der Waals surface area (Å²) < 4.78 is 0. The number of thioether (sulfide) groups is 1. The third-order valence-electron chi connectivity index (χ3n) is 4.96. The minimum Gasteiger partial charge on any atom is -0.287 e. The van der Waals surface area contributed by atoms with Gasteiger partial charge in [0, 0.05) is 40.4 Å². The first-order chi connectivity index (χ1) is 16.0. The molecule has 1 fully saturated rings. The van der Waals surface area contributed by atoms with E-state index in [4.69, 9.17) is 11.6 Å². The Morgan fingerprint density at radius 2 is 1.88 bits per heavy atom. The summed E-state index contributed by atoms with van der Waals surface area (Å²) in [6, 6.07) is 21.7. The van der Waals surface area contributed by atoms with Crippen LogP contribution in [0, 0.1) is 10.1 Å². The molecule has 0 unspecified atom stereocenters. The van der Waals surface area contributed by atoms with Crippen molar-refractivity contribution < 1.29 is 9.72 Å². The van der Waals surface area contributed by atoms with E-state index >= 15 is 0 Å². The number of nitro groups is 1. The van der Waals surface area contributed by atoms with E-state index in [0.29, 0.717) is 28.2 Å². The van der Waals surface area contributed by atoms with Crippen LogP contribution in [0.25, 0.3) is 0 Å². The maximum Gasteiger partial charge on any atom is 0.284 e. The van der Waals surface area contributed by atoms with E-state index in [2.05, 4.69) is 4.99 Å². The zero-order chi connectivity index (χ0) is 23.2. The summed E-state index contributed by atoms with van der Waals surface area (Å²) >= 11 is 8.71. The maximum absolute atomic E-state index is 13.2. The number of carbonyl (C=O) groups is 1. The van der Waals surface area contributed by atoms with Crippen molar-refractivity contribution in [1.82, 2.24) is 4.90 Å². The molecule has 0 N–H and O–H groups in total. The van der Waals surface area contributed by atoms with Crippen molar-refractivity contribution in [2.24, 2.45) is 4.99 Å². The number of hydrogen-bond acceptors (Lipinski definition) is 6. The van der Waals surface area contributed by atoms with Gasteiger partial charge in [0.1, 0.15) is 0 Å². The van der Waals surface area contributed by atoms with E-state index < -0.39 is 4.92 Å². The number of nitro benzene ring substituents is 1. The summed E-state index contributed by atoms with van der Waals surface area (Å²) in [5, 5.41) is 13.0. The van der Waals surface area contributed by atoms with Gasteiger partial charge in [0.25, 0.3) is 11.6 Å². The van der Waals surface area contributed by atoms with Gasteiger partial charge in [-0.25, -0.2) is 0 Å². The standard InChI is InChI=1S/C24H20ClN3O3S2/c25-19-7-9-20(10-8-19)33-22-11-6-18(16-21(22)28(30)31)23(29)27-14-15-32-24(27)26-13-12-17-4-2-1-3-5-17/h1-11,16H,12-15H2. The molecule has 0 aliphatic carbocycles. The van der Waals surface area contributed by atoms with Crippen LogP contribution in [0.15, 0.2) is 87.6 Å². The number of aliphatic imine (C=N–C) groups is 1. The summed E-state index contributed by atoms with van der Waals surface area (Å²) in [7, 11) is 0. The lowest BCUT2D eigenvalue weighted by atomic mass is 10.1. The highest BCUT2D eigenvalue weighted by Crippen LogP contribution is 2.36. The Labute approximate surface area is 205 Å². The van der Waals surface area contributed by atoms with Crippen molar-refractivity contribution >= 4 is 51.9 Å². The third kappa shape index (κ3) is 5.96. The van der Waals surface area contributed by atoms with Gasteiger partial charge in [-0.2, -0.15) is 0 Å². The molecule has 3 aromatic rings. The number of amides is 1. The highest BCUT2D eigenvalue weighted by Gasteiger charge is 2.28. The lowest BCUT2D eigenvalue weighted by molar-refractivity contribution is -0.387. The summed E-state index contributed by atoms with van der Waals surface area (Å²) in [6.45, 7) is 1.11. The van der Waals surface area contributed by atoms with Crippen molar-refractivity contribution in [3.05, 3.63) is 99.1 Å². The SMILES string of the molecule is O=C(c1ccc(Sc2ccc(Cl)cc2)c([N+](=O)[O-])c1)N1CCSC1=NCCc1ccccc1. The molecule has 6 nitrogen and oxygen atoms in total. The van der Waals surface area contributed by atoms with E-state index in [-0.39, 0.29) is 17.2 Å². The molecule has 0 bridgehead atoms. The molecule has 0 atom stereocenters. The zero-order valence-corrected chi connectivity index (χ0v) is 19.9. The predicted octanol–water partition coefficient (Wildman–Crippen LogP) is 6.19. The molecule has 168 valence electrons. The van der Waals surface area contributed by atoms with Crippen LogP contribution >= 0.6 is 35.1 Å². The van der Waals surface area contributed by atoms with Crippen LogP contribution in [0.3, 0.4) is 0 Å². The van der Waals surface area contributed by atoms with Gasteiger partial charge < -0.3 is 0 Å². The number of halogens is 1. The topological polar surface area (TPSA) is 75.8 Å². The number of rotatable bonds is 7. The molecule has 1 amide bonds. The van der Waals surface area contributed by atoms with Crippen LogP contribution in [0.1, 0.15) is 15.9 Å². The van der Waals surface area contributed by atoms with Gasteiger partial charge in [0.15, 0.2) is 5.17 Å². The normalized spacial score (nSPS) is 14.6. The number of nitrogens with zero attached hydrogens (tertiary/aromatic N) is 3. The van der Waals surface area contributed by atoms with E-state index in [1.165, 1.54) is 35.2 Å². The quantitative estimate of drug-likeness (QED) is 0.287. The van der Waals surface area contributed by atoms with Crippen LogP contribution < -0.4 is 0 Å². The fourth-order valence-electron chi connectivity index (χ4n) is 3.31. The minimum atomic E-state index is -0.456. The first-order valence-corrected chi connectivity index (χ1v) is 12.4. The van der Waals surface area contributed by atoms with Gasteiger partial charge in [-0.1, -0.05) is 65.5 Å². The minimum absolute atomic E-state index is 0.102. The molecule has 1 aliphatic rings. The number of carbonyl (C=O) groups excluding carboxylic acids is 1. The highest BCUT2D eigenvalue weighted by atomic mass is 35.5. The van der Waals surface area contributed by atoms with Crippen molar-refractivity contribution in [3.63, 3.8) is 0 Å². The molecule has 4 rings (SSSR count). The third-order valence-corrected chi connectivity index (χ3v) is 7.28. The Balaban J connectivity index is 1.50. The molecule has 3 aromatic carbocycles. The zero-order valence-electron chi connectivity index (χ0n) is 17.5. The van der Waals surface area contributed by atoms with E-state index in [0.717, 1.165) is 17.1 Å². The summed E-state index contributed by atoms with van der Waals surface area (Å²) in [5.41, 5.74) is 1.36. The Morgan fingerprint density at radius 1 is 1.12 bits per heavy atom. The van der Waals surface area contributed by atoms with Crippen LogP contribution in [0.2, 0.25) is 5.02 Å². The first-order valence-electron chi connectivity index (χ1n) is 10.3. The average Bonchev–Trinajstić information content (AvgIpc) is 3.29. The second-order valence-electron chi connectivity index (χ2n) is 7.20. The van der Waals surface area contributed by atoms with Gasteiger partial charge >= 0.3 is 0 Å². The molecule has 33 heavy (non-hydrogen) atoms. The molecule has 0 saturated carbocycles. The highest BCUT2D eigenvalue weighted by molar-refractivity contribution is 8.14. The Hall–Kier alpha value is -2.81. The second-order valence-corrected chi connectivity index (χ2v) is 9.81. The predicted molar refractivity (Wildman–Crippen MR) is 135 cm³/mol. The molecule has 1 heterocycles. The van der Waals surface area contributed by atoms with Crippen molar-refractivity contribution in [2.45, 2.75) is 16.2 Å². The van der Waals surface area contributed by atoms with Crippen LogP contribution in [0.4, 0.5) is 5.69 Å². The Morgan fingerprint density at radius 3 is 2.61 bits per heavy atom. The van der Waals surface area contributed by atoms with Crippen LogP contribution in [-0.2, 0) is 6.42 Å². The largest absolute Gasteiger partial charge is 0.287 e. The number of benzene rings is 3. The molecule has 1 saturated heterocycles. The molecule has 0 radical (unpaired) electrons. The van der Waals surface area contributed by atoms with Gasteiger partial charge in [0.2, 0.25) is 0 Å². The second kappa shape index (κ2) is 10.9. The van der Waals surface area contributed by atoms with Crippen LogP contribution in [-0.4, -0.2) is 39.7 Å². The Kier molecular flexibility index (Phi) is 7.69. The molecule has 0 spiro atoms. The van der Waals surface area contributed by atoms with Crippen LogP contribution in [0.5, 0.6) is 0 Å². The smallest absolute Gasteiger partial charge is 0.284 e. The van der Waals surface area contributed by atoms with E-state index in [1.54, 1.807) is 41.3 Å². The van der Waals surface area contributed by atoms with E-state index in [9.17, 15) is 14.9 Å². The summed E-state index contributed by atoms with van der Waals surface area (Å²) in [6.07, 6.45) is 0.787. The number of hydrogen-bond donors (Lipinski definition) is 0. The molecule has 0 aromatic heterocycles. The molecule has 1 aliphatic heterocycles. The summed E-state index contributed by atoms with van der Waals surface area (Å²) in [4.78, 5) is 31.9. The maximum atomic E-state index is 13.2. The van der Waals surface area contributed by atoms with Crippen molar-refractivity contribution in [3.8, 4) is 0 Å². The van der Waals surface area contributed by atoms with Gasteiger partial charge in [-0.15, -0.1) is 0 Å². The fourth-order valence-corrected chi connectivity index (χ4v) is 5.31. The lowest BCUT2D eigenvalue weighted by Gasteiger charge is -2.16. The van der Waals surface area contributed by atoms with Crippen molar-refractivity contribution in [2.75, 3.05) is 18.8 Å². The monoisotopic (exact) mass is 497 g/mol.